The standard InChI is InChI=1S/C26H29F2N9O3/c27-22(28)23-31-19-3-1-2-4-20(19)37(23)26-33-24(32-25(34-26)36-10-14-39-15-11-36)30-18-5-6-29-21(17-18)40-16-9-35-7-12-38-13-8-35/h1-6,17,22H,7-16H2,(H,29,30,32,33,34). The van der Waals surface area contributed by atoms with Crippen molar-refractivity contribution in [3.05, 3.63) is 48.4 Å². The van der Waals surface area contributed by atoms with Crippen LogP contribution in [0.1, 0.15) is 12.2 Å². The molecule has 6 rings (SSSR count). The fraction of sp³-hybridized carbons (Fsp3) is 0.423. The zero-order valence-electron chi connectivity index (χ0n) is 21.7. The molecule has 1 aromatic carbocycles. The van der Waals surface area contributed by atoms with E-state index in [0.717, 1.165) is 32.8 Å². The van der Waals surface area contributed by atoms with Crippen LogP contribution in [0.4, 0.5) is 26.4 Å². The molecule has 14 heteroatoms. The first-order valence-electron chi connectivity index (χ1n) is 13.1. The van der Waals surface area contributed by atoms with Crippen LogP contribution in [0.2, 0.25) is 0 Å². The molecule has 40 heavy (non-hydrogen) atoms. The normalized spacial score (nSPS) is 16.5. The maximum Gasteiger partial charge on any atom is 0.296 e. The lowest BCUT2D eigenvalue weighted by molar-refractivity contribution is 0.0320. The quantitative estimate of drug-likeness (QED) is 0.330. The number of hydrogen-bond acceptors (Lipinski definition) is 11. The number of anilines is 3. The van der Waals surface area contributed by atoms with Crippen LogP contribution in [0, 0.1) is 0 Å². The molecule has 2 saturated heterocycles. The Balaban J connectivity index is 1.29. The van der Waals surface area contributed by atoms with E-state index in [-0.39, 0.29) is 11.9 Å². The number of hydrogen-bond donors (Lipinski definition) is 1. The maximum atomic E-state index is 14.1. The van der Waals surface area contributed by atoms with Crippen LogP contribution < -0.4 is 15.0 Å². The van der Waals surface area contributed by atoms with Gasteiger partial charge in [-0.2, -0.15) is 15.0 Å². The monoisotopic (exact) mass is 553 g/mol. The predicted octanol–water partition coefficient (Wildman–Crippen LogP) is 2.83. The number of nitrogens with zero attached hydrogens (tertiary/aromatic N) is 8. The molecule has 0 spiro atoms. The second kappa shape index (κ2) is 12.0. The topological polar surface area (TPSA) is 116 Å². The summed E-state index contributed by atoms with van der Waals surface area (Å²) in [5.74, 6) is 0.589. The number of nitrogens with one attached hydrogen (secondary N) is 1. The lowest BCUT2D eigenvalue weighted by Gasteiger charge is -2.27. The van der Waals surface area contributed by atoms with Gasteiger partial charge in [-0.05, 0) is 18.2 Å². The minimum atomic E-state index is -2.83. The number of halogens is 2. The van der Waals surface area contributed by atoms with Gasteiger partial charge < -0.3 is 24.4 Å². The largest absolute Gasteiger partial charge is 0.476 e. The first-order chi connectivity index (χ1) is 19.6. The highest BCUT2D eigenvalue weighted by molar-refractivity contribution is 5.77. The van der Waals surface area contributed by atoms with Crippen molar-refractivity contribution < 1.29 is 23.0 Å². The Hall–Kier alpha value is -4.01. The third kappa shape index (κ3) is 5.93. The maximum absolute atomic E-state index is 14.1. The molecule has 210 valence electrons. The molecule has 0 bridgehead atoms. The SMILES string of the molecule is FC(F)c1nc2ccccc2n1-c1nc(Nc2ccnc(OCCN3CCOCC3)c2)nc(N2CCOCC2)n1. The van der Waals surface area contributed by atoms with Crippen LogP contribution in [-0.2, 0) is 9.47 Å². The first kappa shape index (κ1) is 26.2. The van der Waals surface area contributed by atoms with Gasteiger partial charge in [-0.3, -0.25) is 9.47 Å². The van der Waals surface area contributed by atoms with Crippen LogP contribution in [-0.4, -0.2) is 100 Å². The van der Waals surface area contributed by atoms with E-state index in [0.29, 0.717) is 61.5 Å². The molecule has 2 aliphatic rings. The first-order valence-corrected chi connectivity index (χ1v) is 13.1. The predicted molar refractivity (Wildman–Crippen MR) is 143 cm³/mol. The molecule has 3 aromatic heterocycles. The Morgan fingerprint density at radius 3 is 2.45 bits per heavy atom. The fourth-order valence-electron chi connectivity index (χ4n) is 4.62. The molecular formula is C26H29F2N9O3. The van der Waals surface area contributed by atoms with Gasteiger partial charge in [-0.15, -0.1) is 0 Å². The second-order valence-corrected chi connectivity index (χ2v) is 9.26. The summed E-state index contributed by atoms with van der Waals surface area (Å²) in [6, 6.07) is 10.4. The van der Waals surface area contributed by atoms with Crippen molar-refractivity contribution in [1.29, 1.82) is 0 Å². The number of aromatic nitrogens is 6. The lowest BCUT2D eigenvalue weighted by atomic mass is 10.3. The van der Waals surface area contributed by atoms with Gasteiger partial charge in [0.05, 0.1) is 37.5 Å². The summed E-state index contributed by atoms with van der Waals surface area (Å²) < 4.78 is 46.2. The van der Waals surface area contributed by atoms with Crippen molar-refractivity contribution in [2.45, 2.75) is 6.43 Å². The highest BCUT2D eigenvalue weighted by atomic mass is 19.3. The van der Waals surface area contributed by atoms with E-state index in [2.05, 4.69) is 35.1 Å². The minimum absolute atomic E-state index is 0.0408. The number of imidazole rings is 1. The van der Waals surface area contributed by atoms with E-state index in [1.54, 1.807) is 42.6 Å². The van der Waals surface area contributed by atoms with Crippen molar-refractivity contribution >= 4 is 28.6 Å². The number of benzene rings is 1. The summed E-state index contributed by atoms with van der Waals surface area (Å²) in [6.07, 6.45) is -1.21. The van der Waals surface area contributed by atoms with E-state index >= 15 is 0 Å². The number of morpholine rings is 2. The summed E-state index contributed by atoms with van der Waals surface area (Å²) in [4.78, 5) is 26.4. The average molecular weight is 554 g/mol. The Labute approximate surface area is 228 Å². The van der Waals surface area contributed by atoms with Gasteiger partial charge in [-0.25, -0.2) is 18.7 Å². The van der Waals surface area contributed by atoms with E-state index < -0.39 is 12.2 Å². The molecule has 2 aliphatic heterocycles. The number of alkyl halides is 2. The Morgan fingerprint density at radius 1 is 0.900 bits per heavy atom. The third-order valence-electron chi connectivity index (χ3n) is 6.64. The van der Waals surface area contributed by atoms with Gasteiger partial charge in [0.25, 0.3) is 6.43 Å². The molecule has 2 fully saturated rings. The van der Waals surface area contributed by atoms with E-state index in [1.165, 1.54) is 4.57 Å². The summed E-state index contributed by atoms with van der Waals surface area (Å²) in [7, 11) is 0. The number of ether oxygens (including phenoxy) is 3. The zero-order valence-corrected chi connectivity index (χ0v) is 21.7. The summed E-state index contributed by atoms with van der Waals surface area (Å²) in [5, 5.41) is 3.17. The number of pyridine rings is 1. The van der Waals surface area contributed by atoms with Crippen molar-refractivity contribution in [2.24, 2.45) is 0 Å². The highest BCUT2D eigenvalue weighted by Gasteiger charge is 2.24. The Kier molecular flexibility index (Phi) is 7.88. The molecule has 12 nitrogen and oxygen atoms in total. The van der Waals surface area contributed by atoms with E-state index in [9.17, 15) is 8.78 Å². The van der Waals surface area contributed by atoms with Gasteiger partial charge in [0.2, 0.25) is 23.7 Å². The van der Waals surface area contributed by atoms with Crippen LogP contribution in [0.15, 0.2) is 42.6 Å². The van der Waals surface area contributed by atoms with Gasteiger partial charge in [0.1, 0.15) is 6.61 Å². The van der Waals surface area contributed by atoms with Crippen LogP contribution >= 0.6 is 0 Å². The fourth-order valence-corrected chi connectivity index (χ4v) is 4.62. The van der Waals surface area contributed by atoms with Crippen molar-refractivity contribution in [3.8, 4) is 11.8 Å². The van der Waals surface area contributed by atoms with Crippen LogP contribution in [0.5, 0.6) is 5.88 Å². The summed E-state index contributed by atoms with van der Waals surface area (Å²) in [5.41, 5.74) is 1.53. The molecule has 0 saturated carbocycles. The lowest BCUT2D eigenvalue weighted by Crippen LogP contribution is -2.38. The summed E-state index contributed by atoms with van der Waals surface area (Å²) >= 11 is 0. The van der Waals surface area contributed by atoms with Crippen molar-refractivity contribution in [1.82, 2.24) is 34.4 Å². The van der Waals surface area contributed by atoms with Gasteiger partial charge in [0.15, 0.2) is 5.82 Å². The van der Waals surface area contributed by atoms with Crippen LogP contribution in [0.3, 0.4) is 0 Å². The number of para-hydroxylation sites is 2. The molecule has 0 atom stereocenters. The van der Waals surface area contributed by atoms with E-state index in [4.69, 9.17) is 14.2 Å². The third-order valence-corrected chi connectivity index (χ3v) is 6.64. The van der Waals surface area contributed by atoms with E-state index in [1.807, 2.05) is 4.90 Å². The molecule has 0 amide bonds. The van der Waals surface area contributed by atoms with Gasteiger partial charge in [0, 0.05) is 50.7 Å². The zero-order chi connectivity index (χ0) is 27.3. The smallest absolute Gasteiger partial charge is 0.296 e. The minimum Gasteiger partial charge on any atom is -0.476 e. The molecule has 0 unspecified atom stereocenters. The van der Waals surface area contributed by atoms with Crippen molar-refractivity contribution in [3.63, 3.8) is 0 Å². The Morgan fingerprint density at radius 2 is 1.65 bits per heavy atom. The molecule has 0 radical (unpaired) electrons. The molecule has 5 heterocycles. The number of rotatable bonds is 9. The van der Waals surface area contributed by atoms with Crippen LogP contribution in [0.25, 0.3) is 17.0 Å². The molecular weight excluding hydrogens is 524 g/mol. The summed E-state index contributed by atoms with van der Waals surface area (Å²) in [6.45, 7) is 6.61. The molecule has 0 aliphatic carbocycles. The highest BCUT2D eigenvalue weighted by Crippen LogP contribution is 2.28. The second-order valence-electron chi connectivity index (χ2n) is 9.26. The van der Waals surface area contributed by atoms with Gasteiger partial charge >= 0.3 is 0 Å². The van der Waals surface area contributed by atoms with Crippen molar-refractivity contribution in [2.75, 3.05) is 76.0 Å². The van der Waals surface area contributed by atoms with Gasteiger partial charge in [-0.1, -0.05) is 12.1 Å². The average Bonchev–Trinajstić information content (AvgIpc) is 3.39. The Bertz CT molecular complexity index is 1440. The number of fused-ring (bicyclic) bond motifs is 1. The molecule has 4 aromatic rings. The molecule has 1 N–H and O–H groups in total.